The van der Waals surface area contributed by atoms with Crippen molar-refractivity contribution in [1.82, 2.24) is 5.32 Å². The van der Waals surface area contributed by atoms with E-state index in [0.29, 0.717) is 17.7 Å². The summed E-state index contributed by atoms with van der Waals surface area (Å²) < 4.78 is 13.2. The fraction of sp³-hybridized carbons (Fsp3) is 0.364. The minimum absolute atomic E-state index is 0.109. The summed E-state index contributed by atoms with van der Waals surface area (Å²) in [5.41, 5.74) is 6.21. The van der Waals surface area contributed by atoms with Gasteiger partial charge in [0.2, 0.25) is 0 Å². The Kier molecular flexibility index (Phi) is 3.80. The summed E-state index contributed by atoms with van der Waals surface area (Å²) in [6, 6.07) is 4.30. The number of carbonyl (C=O) groups excluding carboxylic acids is 1. The summed E-state index contributed by atoms with van der Waals surface area (Å²) in [7, 11) is 0. The smallest absolute Gasteiger partial charge is 0.251 e. The van der Waals surface area contributed by atoms with Crippen LogP contribution in [-0.2, 0) is 0 Å². The van der Waals surface area contributed by atoms with Crippen LogP contribution in [0.4, 0.5) is 4.39 Å². The maximum atomic E-state index is 13.2. The van der Waals surface area contributed by atoms with Gasteiger partial charge in [-0.1, -0.05) is 6.07 Å². The Hall–Kier alpha value is -1.42. The van der Waals surface area contributed by atoms with Crippen LogP contribution in [0.3, 0.4) is 0 Å². The van der Waals surface area contributed by atoms with E-state index in [2.05, 4.69) is 5.32 Å². The number of halogens is 1. The van der Waals surface area contributed by atoms with E-state index in [-0.39, 0.29) is 17.8 Å². The molecule has 0 aromatic heterocycles. The molecule has 0 radical (unpaired) electrons. The Morgan fingerprint density at radius 3 is 2.80 bits per heavy atom. The third kappa shape index (κ3) is 3.02. The fourth-order valence-electron chi connectivity index (χ4n) is 1.10. The van der Waals surface area contributed by atoms with Gasteiger partial charge in [-0.25, -0.2) is 4.39 Å². The van der Waals surface area contributed by atoms with Crippen molar-refractivity contribution in [2.24, 2.45) is 5.73 Å². The maximum Gasteiger partial charge on any atom is 0.251 e. The molecular weight excluding hydrogens is 195 g/mol. The van der Waals surface area contributed by atoms with Crippen molar-refractivity contribution in [2.75, 3.05) is 6.54 Å². The highest BCUT2D eigenvalue weighted by atomic mass is 19.1. The Morgan fingerprint density at radius 1 is 1.60 bits per heavy atom. The number of nitrogens with two attached hydrogens (primary N) is 1. The molecule has 0 aliphatic heterocycles. The summed E-state index contributed by atoms with van der Waals surface area (Å²) in [6.07, 6.45) is 0. The number of nitrogens with one attached hydrogen (secondary N) is 1. The molecule has 82 valence electrons. The van der Waals surface area contributed by atoms with Gasteiger partial charge in [0.05, 0.1) is 0 Å². The molecule has 3 nitrogen and oxygen atoms in total. The lowest BCUT2D eigenvalue weighted by atomic mass is 10.1. The van der Waals surface area contributed by atoms with Gasteiger partial charge in [-0.2, -0.15) is 0 Å². The minimum atomic E-state index is -0.372. The van der Waals surface area contributed by atoms with Crippen LogP contribution in [0.2, 0.25) is 0 Å². The van der Waals surface area contributed by atoms with Crippen LogP contribution in [0.25, 0.3) is 0 Å². The van der Waals surface area contributed by atoms with Gasteiger partial charge < -0.3 is 11.1 Å². The largest absolute Gasteiger partial charge is 0.348 e. The van der Waals surface area contributed by atoms with E-state index >= 15 is 0 Å². The molecular formula is C11H15FN2O. The first-order valence-corrected chi connectivity index (χ1v) is 4.81. The monoisotopic (exact) mass is 210 g/mol. The number of hydrogen-bond acceptors (Lipinski definition) is 2. The molecule has 15 heavy (non-hydrogen) atoms. The predicted octanol–water partition coefficient (Wildman–Crippen LogP) is 1.21. The van der Waals surface area contributed by atoms with E-state index in [1.165, 1.54) is 6.07 Å². The molecule has 1 amide bonds. The van der Waals surface area contributed by atoms with Gasteiger partial charge in [0.1, 0.15) is 5.82 Å². The van der Waals surface area contributed by atoms with Crippen molar-refractivity contribution in [3.8, 4) is 0 Å². The van der Waals surface area contributed by atoms with Crippen LogP contribution >= 0.6 is 0 Å². The summed E-state index contributed by atoms with van der Waals surface area (Å²) in [5, 5.41) is 2.66. The Bertz CT molecular complexity index is 366. The van der Waals surface area contributed by atoms with Crippen LogP contribution in [0, 0.1) is 12.7 Å². The second-order valence-electron chi connectivity index (χ2n) is 3.57. The molecule has 0 aliphatic rings. The first-order chi connectivity index (χ1) is 7.04. The van der Waals surface area contributed by atoms with Crippen LogP contribution in [0.15, 0.2) is 18.2 Å². The molecule has 4 heteroatoms. The fourth-order valence-corrected chi connectivity index (χ4v) is 1.10. The molecule has 1 rings (SSSR count). The van der Waals surface area contributed by atoms with Crippen molar-refractivity contribution in [2.45, 2.75) is 19.9 Å². The zero-order chi connectivity index (χ0) is 11.4. The van der Waals surface area contributed by atoms with E-state index in [4.69, 9.17) is 5.73 Å². The van der Waals surface area contributed by atoms with Gasteiger partial charge in [-0.15, -0.1) is 0 Å². The number of rotatable bonds is 3. The van der Waals surface area contributed by atoms with Gasteiger partial charge >= 0.3 is 0 Å². The van der Waals surface area contributed by atoms with Crippen molar-refractivity contribution in [3.05, 3.63) is 35.1 Å². The van der Waals surface area contributed by atoms with Gasteiger partial charge in [-0.05, 0) is 31.5 Å². The quantitative estimate of drug-likeness (QED) is 0.788. The van der Waals surface area contributed by atoms with E-state index in [9.17, 15) is 9.18 Å². The number of carbonyl (C=O) groups is 1. The van der Waals surface area contributed by atoms with Gasteiger partial charge in [0.15, 0.2) is 0 Å². The van der Waals surface area contributed by atoms with Crippen LogP contribution in [0.1, 0.15) is 22.8 Å². The van der Waals surface area contributed by atoms with Crippen molar-refractivity contribution < 1.29 is 9.18 Å². The van der Waals surface area contributed by atoms with E-state index in [1.807, 2.05) is 0 Å². The Labute approximate surface area is 88.5 Å². The molecule has 0 spiro atoms. The van der Waals surface area contributed by atoms with Gasteiger partial charge in [0.25, 0.3) is 5.91 Å². The number of benzene rings is 1. The van der Waals surface area contributed by atoms with Gasteiger partial charge in [-0.3, -0.25) is 4.79 Å². The molecule has 0 unspecified atom stereocenters. The van der Waals surface area contributed by atoms with E-state index in [0.717, 1.165) is 0 Å². The molecule has 0 heterocycles. The molecule has 1 atom stereocenters. The lowest BCUT2D eigenvalue weighted by Gasteiger charge is -2.11. The summed E-state index contributed by atoms with van der Waals surface area (Å²) in [6.45, 7) is 3.81. The lowest BCUT2D eigenvalue weighted by molar-refractivity contribution is 0.0941. The first-order valence-electron chi connectivity index (χ1n) is 4.81. The van der Waals surface area contributed by atoms with Crippen molar-refractivity contribution in [1.29, 1.82) is 0 Å². The summed E-state index contributed by atoms with van der Waals surface area (Å²) >= 11 is 0. The highest BCUT2D eigenvalue weighted by molar-refractivity contribution is 5.94. The van der Waals surface area contributed by atoms with Crippen molar-refractivity contribution >= 4 is 5.91 Å². The number of amides is 1. The molecule has 3 N–H and O–H groups in total. The predicted molar refractivity (Wildman–Crippen MR) is 57.1 cm³/mol. The molecule has 1 aromatic rings. The normalized spacial score (nSPS) is 12.3. The maximum absolute atomic E-state index is 13.2. The van der Waals surface area contributed by atoms with Crippen LogP contribution < -0.4 is 11.1 Å². The average Bonchev–Trinajstić information content (AvgIpc) is 2.21. The zero-order valence-electron chi connectivity index (χ0n) is 8.88. The van der Waals surface area contributed by atoms with Crippen LogP contribution in [0.5, 0.6) is 0 Å². The molecule has 0 bridgehead atoms. The lowest BCUT2D eigenvalue weighted by Crippen LogP contribution is -2.37. The van der Waals surface area contributed by atoms with E-state index in [1.54, 1.807) is 26.0 Å². The highest BCUT2D eigenvalue weighted by Gasteiger charge is 2.09. The highest BCUT2D eigenvalue weighted by Crippen LogP contribution is 2.09. The average molecular weight is 210 g/mol. The third-order valence-corrected chi connectivity index (χ3v) is 2.17. The first kappa shape index (κ1) is 11.7. The van der Waals surface area contributed by atoms with Crippen molar-refractivity contribution in [3.63, 3.8) is 0 Å². The molecule has 0 saturated heterocycles. The standard InChI is InChI=1S/C11H15FN2O/c1-7-3-4-9(5-10(7)12)11(15)14-8(2)6-13/h3-5,8H,6,13H2,1-2H3,(H,14,15)/t8-/m1/s1. The van der Waals surface area contributed by atoms with E-state index < -0.39 is 0 Å². The molecule has 1 aromatic carbocycles. The second-order valence-corrected chi connectivity index (χ2v) is 3.57. The summed E-state index contributed by atoms with van der Waals surface area (Å²) in [4.78, 5) is 11.5. The minimum Gasteiger partial charge on any atom is -0.348 e. The van der Waals surface area contributed by atoms with Gasteiger partial charge in [0, 0.05) is 18.2 Å². The number of aryl methyl sites for hydroxylation is 1. The summed E-state index contributed by atoms with van der Waals surface area (Å²) in [5.74, 6) is -0.671. The second kappa shape index (κ2) is 4.89. The molecule has 0 fully saturated rings. The Morgan fingerprint density at radius 2 is 2.27 bits per heavy atom. The Balaban J connectivity index is 2.78. The topological polar surface area (TPSA) is 55.1 Å². The van der Waals surface area contributed by atoms with Crippen LogP contribution in [-0.4, -0.2) is 18.5 Å². The SMILES string of the molecule is Cc1ccc(C(=O)N[C@H](C)CN)cc1F. The molecule has 0 aliphatic carbocycles. The molecule has 0 saturated carbocycles. The number of hydrogen-bond donors (Lipinski definition) is 2. The zero-order valence-corrected chi connectivity index (χ0v) is 8.88. The third-order valence-electron chi connectivity index (χ3n) is 2.17.